The number of ketones is 2. The van der Waals surface area contributed by atoms with Gasteiger partial charge in [-0.25, -0.2) is 9.97 Å². The van der Waals surface area contributed by atoms with Crippen molar-refractivity contribution in [2.24, 2.45) is 45.1 Å². The van der Waals surface area contributed by atoms with Gasteiger partial charge in [-0.3, -0.25) is 39.2 Å². The van der Waals surface area contributed by atoms with Crippen molar-refractivity contribution < 1.29 is 28.7 Å². The molecule has 0 fully saturated rings. The fraction of sp³-hybridized carbons (Fsp3) is 0.686. The van der Waals surface area contributed by atoms with Crippen molar-refractivity contribution in [2.45, 2.75) is 166 Å². The molecule has 0 saturated heterocycles. The molecule has 3 amide bonds. The first-order valence-electron chi connectivity index (χ1n) is 26.4. The summed E-state index contributed by atoms with van der Waals surface area (Å²) in [6.45, 7) is 6.55. The van der Waals surface area contributed by atoms with Gasteiger partial charge in [-0.1, -0.05) is 62.3 Å². The number of carbonyl (C=O) groups excluding carboxylic acids is 5. The standard InChI is InChI=1S/C51H90ClN15O6/c1-36-46(52)65-45(47(59)64-36)50(72)66-51(60)63-29-13-10-16-37-23-25-38(26-24-37)73-35-34-67(32-14-30-61-48(70)41(57)19-4-2-6-21-43(68)39(55)17-8-11-27-53)33-15-31-62-49(71)42(58)20-5-3-7-22-44(69)40(56)18-9-12-28-54/h23-26,39-42H,2-22,27-35,53-58H2,1H3,(H2,59,64)(H,61,70)(H,62,71)(H3,60,63,66,72)/t39-,40-,41-,42-/m0/s1. The summed E-state index contributed by atoms with van der Waals surface area (Å²) in [4.78, 5) is 77.2. The highest BCUT2D eigenvalue weighted by Gasteiger charge is 2.19. The lowest BCUT2D eigenvalue weighted by Crippen LogP contribution is -2.42. The van der Waals surface area contributed by atoms with Crippen LogP contribution in [0.4, 0.5) is 5.82 Å². The summed E-state index contributed by atoms with van der Waals surface area (Å²) in [6.07, 6.45) is 14.9. The highest BCUT2D eigenvalue weighted by Crippen LogP contribution is 2.17. The van der Waals surface area contributed by atoms with Gasteiger partial charge in [-0.2, -0.15) is 0 Å². The van der Waals surface area contributed by atoms with Gasteiger partial charge >= 0.3 is 0 Å². The number of aryl methyl sites for hydroxylation is 2. The normalized spacial score (nSPS) is 13.3. The summed E-state index contributed by atoms with van der Waals surface area (Å²) in [5, 5.41) is 8.48. The van der Waals surface area contributed by atoms with Crippen molar-refractivity contribution in [3.8, 4) is 5.75 Å². The fourth-order valence-electron chi connectivity index (χ4n) is 7.86. The second-order valence-electron chi connectivity index (χ2n) is 18.8. The number of carbonyl (C=O) groups is 5. The summed E-state index contributed by atoms with van der Waals surface area (Å²) < 4.78 is 6.13. The van der Waals surface area contributed by atoms with E-state index in [1.165, 1.54) is 0 Å². The number of rotatable bonds is 42. The highest BCUT2D eigenvalue weighted by atomic mass is 35.5. The van der Waals surface area contributed by atoms with Crippen LogP contribution in [0.2, 0.25) is 5.15 Å². The number of nitrogens with zero attached hydrogens (tertiary/aromatic N) is 4. The van der Waals surface area contributed by atoms with Crippen molar-refractivity contribution in [1.29, 1.82) is 0 Å². The Hall–Kier alpha value is -4.87. The zero-order valence-electron chi connectivity index (χ0n) is 43.6. The Balaban J connectivity index is 1.80. The van der Waals surface area contributed by atoms with E-state index in [0.717, 1.165) is 94.8 Å². The number of guanidine groups is 1. The largest absolute Gasteiger partial charge is 0.492 e. The first-order chi connectivity index (χ1) is 35.1. The quantitative estimate of drug-likeness (QED) is 0.0258. The molecule has 1 aromatic heterocycles. The number of halogens is 1. The fourth-order valence-corrected chi connectivity index (χ4v) is 7.99. The summed E-state index contributed by atoms with van der Waals surface area (Å²) in [5.41, 5.74) is 48.6. The number of nitrogens with two attached hydrogens (primary N) is 8. The van der Waals surface area contributed by atoms with Gasteiger partial charge < -0.3 is 61.2 Å². The van der Waals surface area contributed by atoms with Crippen LogP contribution in [0, 0.1) is 6.92 Å². The number of anilines is 1. The number of hydrogen-bond donors (Lipinski definition) is 11. The predicted molar refractivity (Wildman–Crippen MR) is 291 cm³/mol. The number of Topliss-reactive ketones (excluding diaryl/α,β-unsaturated/α-hetero) is 2. The molecule has 1 heterocycles. The molecular formula is C51H90ClN15O6. The van der Waals surface area contributed by atoms with E-state index >= 15 is 0 Å². The van der Waals surface area contributed by atoms with Gasteiger partial charge in [0.05, 0.1) is 29.9 Å². The average Bonchev–Trinajstić information content (AvgIpc) is 3.36. The van der Waals surface area contributed by atoms with Crippen LogP contribution >= 0.6 is 11.6 Å². The molecule has 0 aliphatic rings. The predicted octanol–water partition coefficient (Wildman–Crippen LogP) is 2.39. The number of ether oxygens (including phenoxy) is 1. The Morgan fingerprint density at radius 2 is 1.16 bits per heavy atom. The van der Waals surface area contributed by atoms with Crippen molar-refractivity contribution in [3.63, 3.8) is 0 Å². The van der Waals surface area contributed by atoms with Gasteiger partial charge in [-0.15, -0.1) is 0 Å². The Morgan fingerprint density at radius 1 is 0.658 bits per heavy atom. The third-order valence-corrected chi connectivity index (χ3v) is 12.8. The number of aliphatic imine (C=N–C) groups is 1. The topological polar surface area (TPSA) is 380 Å². The molecule has 21 nitrogen and oxygen atoms in total. The third kappa shape index (κ3) is 29.0. The van der Waals surface area contributed by atoms with Crippen LogP contribution in [0.15, 0.2) is 29.3 Å². The number of hydrogen-bond acceptors (Lipinski definition) is 17. The lowest BCUT2D eigenvalue weighted by atomic mass is 10.0. The van der Waals surface area contributed by atoms with Crippen molar-refractivity contribution >= 4 is 52.7 Å². The zero-order valence-corrected chi connectivity index (χ0v) is 44.3. The Kier molecular flexibility index (Phi) is 34.0. The molecule has 19 N–H and O–H groups in total. The molecule has 1 aromatic carbocycles. The van der Waals surface area contributed by atoms with E-state index in [1.54, 1.807) is 6.92 Å². The Morgan fingerprint density at radius 3 is 1.68 bits per heavy atom. The molecule has 0 unspecified atom stereocenters. The third-order valence-electron chi connectivity index (χ3n) is 12.5. The lowest BCUT2D eigenvalue weighted by molar-refractivity contribution is -0.123. The molecule has 2 aromatic rings. The van der Waals surface area contributed by atoms with Crippen LogP contribution in [0.25, 0.3) is 0 Å². The molecule has 0 spiro atoms. The van der Waals surface area contributed by atoms with Crippen LogP contribution in [0.5, 0.6) is 5.75 Å². The van der Waals surface area contributed by atoms with E-state index in [-0.39, 0.29) is 46.0 Å². The van der Waals surface area contributed by atoms with Crippen molar-refractivity contribution in [3.05, 3.63) is 46.4 Å². The summed E-state index contributed by atoms with van der Waals surface area (Å²) in [7, 11) is 0. The first-order valence-corrected chi connectivity index (χ1v) is 26.8. The summed E-state index contributed by atoms with van der Waals surface area (Å²) in [5.74, 6) is -0.270. The van der Waals surface area contributed by atoms with Crippen molar-refractivity contribution in [2.75, 3.05) is 64.7 Å². The average molecular weight is 1040 g/mol. The van der Waals surface area contributed by atoms with Gasteiger partial charge in [0.1, 0.15) is 23.9 Å². The van der Waals surface area contributed by atoms with Gasteiger partial charge in [0.25, 0.3) is 5.91 Å². The van der Waals surface area contributed by atoms with Crippen LogP contribution in [0.3, 0.4) is 0 Å². The van der Waals surface area contributed by atoms with E-state index in [4.69, 9.17) is 62.2 Å². The highest BCUT2D eigenvalue weighted by molar-refractivity contribution is 6.30. The van der Waals surface area contributed by atoms with Crippen LogP contribution in [-0.4, -0.2) is 133 Å². The monoisotopic (exact) mass is 1040 g/mol. The lowest BCUT2D eigenvalue weighted by Gasteiger charge is -2.23. The van der Waals surface area contributed by atoms with Gasteiger partial charge in [-0.05, 0) is 134 Å². The minimum atomic E-state index is -0.642. The molecule has 412 valence electrons. The molecular weight excluding hydrogens is 954 g/mol. The van der Waals surface area contributed by atoms with Crippen LogP contribution in [0.1, 0.15) is 150 Å². The van der Waals surface area contributed by atoms with Gasteiger partial charge in [0.2, 0.25) is 11.8 Å². The molecule has 0 aliphatic heterocycles. The number of amides is 3. The summed E-state index contributed by atoms with van der Waals surface area (Å²) >= 11 is 5.99. The number of benzene rings is 1. The van der Waals surface area contributed by atoms with E-state index in [0.29, 0.717) is 116 Å². The minimum absolute atomic E-state index is 0.0514. The number of aromatic nitrogens is 2. The number of nitrogen functional groups attached to an aromatic ring is 1. The van der Waals surface area contributed by atoms with Crippen molar-refractivity contribution in [1.82, 2.24) is 30.8 Å². The second-order valence-corrected chi connectivity index (χ2v) is 19.1. The molecule has 73 heavy (non-hydrogen) atoms. The van der Waals surface area contributed by atoms with E-state index in [1.807, 2.05) is 24.3 Å². The maximum Gasteiger partial charge on any atom is 0.280 e. The van der Waals surface area contributed by atoms with Crippen LogP contribution < -0.4 is 66.6 Å². The minimum Gasteiger partial charge on any atom is -0.492 e. The second kappa shape index (κ2) is 38.7. The van der Waals surface area contributed by atoms with E-state index in [2.05, 4.69) is 35.8 Å². The molecule has 4 atom stereocenters. The zero-order chi connectivity index (χ0) is 53.8. The smallest absolute Gasteiger partial charge is 0.280 e. The van der Waals surface area contributed by atoms with E-state index < -0.39 is 30.1 Å². The maximum absolute atomic E-state index is 12.8. The molecule has 2 rings (SSSR count). The van der Waals surface area contributed by atoms with Gasteiger partial charge in [0.15, 0.2) is 22.6 Å². The maximum atomic E-state index is 12.8. The molecule has 0 radical (unpaired) electrons. The number of unbranched alkanes of at least 4 members (excludes halogenated alkanes) is 7. The van der Waals surface area contributed by atoms with E-state index in [9.17, 15) is 24.0 Å². The Labute approximate surface area is 438 Å². The summed E-state index contributed by atoms with van der Waals surface area (Å²) in [6, 6.07) is 5.79. The first kappa shape index (κ1) is 64.2. The molecule has 0 bridgehead atoms. The molecule has 22 heteroatoms. The number of nitrogens with one attached hydrogen (secondary N) is 3. The molecule has 0 saturated carbocycles. The van der Waals surface area contributed by atoms with Crippen LogP contribution in [-0.2, 0) is 25.6 Å². The van der Waals surface area contributed by atoms with Gasteiger partial charge in [0, 0.05) is 39.0 Å². The SMILES string of the molecule is Cc1nc(N)c(C(=O)NC(N)=NCCCCc2ccc(OCCN(CCCNC(=O)[C@@H](N)CCCCCC(=O)[C@@H](N)CCCCN)CCCNC(=O)[C@@H](N)CCCCCC(=O)[C@@H](N)CCCCN)cc2)nc1Cl. The molecule has 0 aliphatic carbocycles. The Bertz CT molecular complexity index is 1880.